The standard InChI is InChI=1S/C22H31FN2O3/c1-27-13-12-25-20(26)22-9-6-21(7-10-22,8-11-22)18-2-4-19(5-3-18)28-16-17(14-23)15-24/h2-5,14H,6-13,15-16,24H2,1H3,(H,25,26)/b17-14+. The second-order valence-electron chi connectivity index (χ2n) is 8.09. The fourth-order valence-electron chi connectivity index (χ4n) is 4.63. The minimum absolute atomic E-state index is 0.151. The zero-order valence-electron chi connectivity index (χ0n) is 16.6. The van der Waals surface area contributed by atoms with Gasteiger partial charge < -0.3 is 20.5 Å². The van der Waals surface area contributed by atoms with Gasteiger partial charge in [0.1, 0.15) is 12.4 Å². The van der Waals surface area contributed by atoms with Crippen LogP contribution < -0.4 is 15.8 Å². The van der Waals surface area contributed by atoms with E-state index in [0.717, 1.165) is 38.5 Å². The van der Waals surface area contributed by atoms with Crippen molar-refractivity contribution in [3.63, 3.8) is 0 Å². The summed E-state index contributed by atoms with van der Waals surface area (Å²) < 4.78 is 23.2. The van der Waals surface area contributed by atoms with E-state index in [1.54, 1.807) is 7.11 Å². The summed E-state index contributed by atoms with van der Waals surface area (Å²) in [7, 11) is 1.64. The first kappa shape index (κ1) is 20.8. The van der Waals surface area contributed by atoms with Crippen LogP contribution in [0, 0.1) is 5.41 Å². The Morgan fingerprint density at radius 3 is 2.36 bits per heavy atom. The van der Waals surface area contributed by atoms with Gasteiger partial charge in [-0.2, -0.15) is 0 Å². The number of ether oxygens (including phenoxy) is 2. The number of nitrogens with one attached hydrogen (secondary N) is 1. The molecule has 2 bridgehead atoms. The predicted molar refractivity (Wildman–Crippen MR) is 107 cm³/mol. The van der Waals surface area contributed by atoms with Gasteiger partial charge in [0, 0.05) is 31.2 Å². The van der Waals surface area contributed by atoms with Crippen LogP contribution in [0.1, 0.15) is 44.1 Å². The lowest BCUT2D eigenvalue weighted by atomic mass is 9.51. The summed E-state index contributed by atoms with van der Waals surface area (Å²) in [5, 5.41) is 3.04. The first-order valence-electron chi connectivity index (χ1n) is 10.1. The molecular formula is C22H31FN2O3. The van der Waals surface area contributed by atoms with Gasteiger partial charge in [0.05, 0.1) is 12.9 Å². The van der Waals surface area contributed by atoms with Crippen LogP contribution in [0.15, 0.2) is 36.2 Å². The molecule has 1 amide bonds. The zero-order valence-corrected chi connectivity index (χ0v) is 16.6. The molecule has 0 aromatic heterocycles. The second kappa shape index (κ2) is 9.05. The summed E-state index contributed by atoms with van der Waals surface area (Å²) in [4.78, 5) is 12.7. The Morgan fingerprint density at radius 1 is 1.18 bits per heavy atom. The van der Waals surface area contributed by atoms with Crippen LogP contribution in [0.25, 0.3) is 0 Å². The Balaban J connectivity index is 1.60. The van der Waals surface area contributed by atoms with Gasteiger partial charge in [-0.3, -0.25) is 4.79 Å². The van der Waals surface area contributed by atoms with Crippen LogP contribution in [-0.4, -0.2) is 39.3 Å². The van der Waals surface area contributed by atoms with Crippen molar-refractivity contribution in [2.75, 3.05) is 33.4 Å². The fourth-order valence-corrected chi connectivity index (χ4v) is 4.63. The van der Waals surface area contributed by atoms with Crippen LogP contribution in [0.3, 0.4) is 0 Å². The smallest absolute Gasteiger partial charge is 0.226 e. The Hall–Kier alpha value is -1.92. The molecule has 0 aliphatic heterocycles. The molecular weight excluding hydrogens is 359 g/mol. The number of halogens is 1. The minimum Gasteiger partial charge on any atom is -0.489 e. The molecule has 154 valence electrons. The lowest BCUT2D eigenvalue weighted by molar-refractivity contribution is -0.138. The Bertz CT molecular complexity index is 678. The van der Waals surface area contributed by atoms with Crippen molar-refractivity contribution in [3.05, 3.63) is 41.7 Å². The molecule has 28 heavy (non-hydrogen) atoms. The van der Waals surface area contributed by atoms with E-state index >= 15 is 0 Å². The Kier molecular flexibility index (Phi) is 6.73. The van der Waals surface area contributed by atoms with Gasteiger partial charge in [-0.1, -0.05) is 12.1 Å². The molecule has 0 atom stereocenters. The first-order valence-corrected chi connectivity index (χ1v) is 10.1. The number of amides is 1. The van der Waals surface area contributed by atoms with Gasteiger partial charge in [0.2, 0.25) is 5.91 Å². The van der Waals surface area contributed by atoms with Crippen LogP contribution in [0.5, 0.6) is 5.75 Å². The van der Waals surface area contributed by atoms with E-state index in [1.165, 1.54) is 5.56 Å². The third-order valence-corrected chi connectivity index (χ3v) is 6.63. The highest BCUT2D eigenvalue weighted by Crippen LogP contribution is 2.57. The minimum atomic E-state index is -0.199. The van der Waals surface area contributed by atoms with Crippen LogP contribution in [-0.2, 0) is 14.9 Å². The summed E-state index contributed by atoms with van der Waals surface area (Å²) in [6.07, 6.45) is 6.42. The summed E-state index contributed by atoms with van der Waals surface area (Å²) in [6.45, 7) is 1.44. The summed E-state index contributed by atoms with van der Waals surface area (Å²) in [6, 6.07) is 8.13. The second-order valence-corrected chi connectivity index (χ2v) is 8.09. The lowest BCUT2D eigenvalue weighted by Crippen LogP contribution is -2.52. The van der Waals surface area contributed by atoms with E-state index in [0.29, 0.717) is 30.8 Å². The topological polar surface area (TPSA) is 73.6 Å². The molecule has 3 fully saturated rings. The number of hydrogen-bond acceptors (Lipinski definition) is 4. The van der Waals surface area contributed by atoms with Crippen molar-refractivity contribution in [3.8, 4) is 5.75 Å². The van der Waals surface area contributed by atoms with Crippen molar-refractivity contribution in [2.45, 2.75) is 43.9 Å². The van der Waals surface area contributed by atoms with Gasteiger partial charge in [-0.05, 0) is 61.6 Å². The Labute approximate surface area is 166 Å². The molecule has 1 aromatic carbocycles. The maximum atomic E-state index is 12.7. The molecule has 0 spiro atoms. The predicted octanol–water partition coefficient (Wildman–Crippen LogP) is 3.23. The summed E-state index contributed by atoms with van der Waals surface area (Å²) in [5.41, 5.74) is 7.16. The molecule has 5 nitrogen and oxygen atoms in total. The highest BCUT2D eigenvalue weighted by molar-refractivity contribution is 5.83. The van der Waals surface area contributed by atoms with Crippen molar-refractivity contribution in [2.24, 2.45) is 11.1 Å². The van der Waals surface area contributed by atoms with Crippen molar-refractivity contribution < 1.29 is 18.7 Å². The number of benzene rings is 1. The number of carbonyl (C=O) groups excluding carboxylic acids is 1. The number of nitrogens with two attached hydrogens (primary N) is 1. The fraction of sp³-hybridized carbons (Fsp3) is 0.591. The van der Waals surface area contributed by atoms with Gasteiger partial charge >= 0.3 is 0 Å². The molecule has 4 rings (SSSR count). The van der Waals surface area contributed by atoms with E-state index in [4.69, 9.17) is 15.2 Å². The normalized spacial score (nSPS) is 26.9. The van der Waals surface area contributed by atoms with E-state index < -0.39 is 0 Å². The zero-order chi connectivity index (χ0) is 20.0. The molecule has 0 unspecified atom stereocenters. The number of carbonyl (C=O) groups is 1. The third kappa shape index (κ3) is 4.23. The molecule has 0 saturated heterocycles. The number of fused-ring (bicyclic) bond motifs is 3. The average molecular weight is 390 g/mol. The van der Waals surface area contributed by atoms with Crippen LogP contribution >= 0.6 is 0 Å². The Morgan fingerprint density at radius 2 is 1.82 bits per heavy atom. The maximum Gasteiger partial charge on any atom is 0.226 e. The number of hydrogen-bond donors (Lipinski definition) is 2. The van der Waals surface area contributed by atoms with Crippen molar-refractivity contribution in [1.82, 2.24) is 5.32 Å². The number of rotatable bonds is 9. The summed E-state index contributed by atoms with van der Waals surface area (Å²) >= 11 is 0. The highest BCUT2D eigenvalue weighted by atomic mass is 19.1. The van der Waals surface area contributed by atoms with Gasteiger partial charge in [0.25, 0.3) is 0 Å². The van der Waals surface area contributed by atoms with Crippen molar-refractivity contribution in [1.29, 1.82) is 0 Å². The van der Waals surface area contributed by atoms with Crippen molar-refractivity contribution >= 4 is 5.91 Å². The molecule has 6 heteroatoms. The quantitative estimate of drug-likeness (QED) is 0.635. The van der Waals surface area contributed by atoms with Gasteiger partial charge in [-0.15, -0.1) is 0 Å². The van der Waals surface area contributed by atoms with E-state index in [-0.39, 0.29) is 29.9 Å². The van der Waals surface area contributed by atoms with E-state index in [1.807, 2.05) is 12.1 Å². The molecule has 3 aliphatic carbocycles. The molecule has 0 radical (unpaired) electrons. The summed E-state index contributed by atoms with van der Waals surface area (Å²) in [5.74, 6) is 0.907. The largest absolute Gasteiger partial charge is 0.489 e. The molecule has 3 aliphatic rings. The highest BCUT2D eigenvalue weighted by Gasteiger charge is 2.52. The first-order chi connectivity index (χ1) is 13.6. The van der Waals surface area contributed by atoms with Gasteiger partial charge in [0.15, 0.2) is 0 Å². The van der Waals surface area contributed by atoms with Gasteiger partial charge in [-0.25, -0.2) is 4.39 Å². The maximum absolute atomic E-state index is 12.7. The van der Waals surface area contributed by atoms with E-state index in [2.05, 4.69) is 17.4 Å². The lowest BCUT2D eigenvalue weighted by Gasteiger charge is -2.52. The third-order valence-electron chi connectivity index (χ3n) is 6.63. The average Bonchev–Trinajstić information content (AvgIpc) is 2.76. The SMILES string of the molecule is COCCNC(=O)C12CCC(c3ccc(OC/C(=C/F)CN)cc3)(CC1)CC2. The number of methoxy groups -OCH3 is 1. The monoisotopic (exact) mass is 390 g/mol. The molecule has 1 aromatic rings. The van der Waals surface area contributed by atoms with E-state index in [9.17, 15) is 9.18 Å². The molecule has 3 N–H and O–H groups in total. The molecule has 3 saturated carbocycles. The van der Waals surface area contributed by atoms with Crippen LogP contribution in [0.2, 0.25) is 0 Å². The molecule has 0 heterocycles. The van der Waals surface area contributed by atoms with Crippen LogP contribution in [0.4, 0.5) is 4.39 Å².